The molecule has 0 heterocycles. The van der Waals surface area contributed by atoms with Gasteiger partial charge in [-0.15, -0.1) is 0 Å². The Kier molecular flexibility index (Phi) is 6.87. The maximum Gasteiger partial charge on any atom is 0.135 e. The number of hydrogen-bond acceptors (Lipinski definition) is 2. The summed E-state index contributed by atoms with van der Waals surface area (Å²) >= 11 is 0. The van der Waals surface area contributed by atoms with E-state index in [1.807, 2.05) is 6.92 Å². The summed E-state index contributed by atoms with van der Waals surface area (Å²) in [6.07, 6.45) is 3.52. The van der Waals surface area contributed by atoms with Gasteiger partial charge in [0.05, 0.1) is 6.10 Å². The highest BCUT2D eigenvalue weighted by Crippen LogP contribution is 2.08. The van der Waals surface area contributed by atoms with Crippen LogP contribution in [0.2, 0.25) is 0 Å². The molecule has 2 heteroatoms. The number of carbonyl (C=O) groups is 1. The summed E-state index contributed by atoms with van der Waals surface area (Å²) in [4.78, 5) is 11.3. The SMILES string of the molecule is COC(C)CC(=O)CCCC(C)C. The van der Waals surface area contributed by atoms with Gasteiger partial charge < -0.3 is 4.74 Å². The second kappa shape index (κ2) is 7.07. The lowest BCUT2D eigenvalue weighted by Crippen LogP contribution is -2.12. The van der Waals surface area contributed by atoms with Gasteiger partial charge in [-0.1, -0.05) is 20.3 Å². The summed E-state index contributed by atoms with van der Waals surface area (Å²) in [7, 11) is 1.64. The van der Waals surface area contributed by atoms with E-state index in [0.29, 0.717) is 24.5 Å². The number of ketones is 1. The fourth-order valence-electron chi connectivity index (χ4n) is 1.21. The minimum absolute atomic E-state index is 0.0755. The largest absolute Gasteiger partial charge is 0.381 e. The standard InChI is InChI=1S/C11H22O2/c1-9(2)6-5-7-11(12)8-10(3)13-4/h9-10H,5-8H2,1-4H3. The maximum atomic E-state index is 11.3. The van der Waals surface area contributed by atoms with E-state index in [-0.39, 0.29) is 6.10 Å². The van der Waals surface area contributed by atoms with Crippen LogP contribution in [-0.4, -0.2) is 19.0 Å². The van der Waals surface area contributed by atoms with Crippen LogP contribution < -0.4 is 0 Å². The predicted molar refractivity (Wildman–Crippen MR) is 54.8 cm³/mol. The molecule has 0 N–H and O–H groups in total. The number of ether oxygens (including phenoxy) is 1. The fourth-order valence-corrected chi connectivity index (χ4v) is 1.21. The Morgan fingerprint density at radius 1 is 1.31 bits per heavy atom. The molecule has 2 nitrogen and oxygen atoms in total. The van der Waals surface area contributed by atoms with E-state index in [4.69, 9.17) is 4.74 Å². The number of rotatable bonds is 7. The zero-order valence-corrected chi connectivity index (χ0v) is 9.30. The Morgan fingerprint density at radius 2 is 1.92 bits per heavy atom. The number of methoxy groups -OCH3 is 1. The monoisotopic (exact) mass is 186 g/mol. The molecule has 0 aromatic rings. The molecule has 0 bridgehead atoms. The Balaban J connectivity index is 3.41. The molecule has 0 spiro atoms. The fraction of sp³-hybridized carbons (Fsp3) is 0.909. The molecular formula is C11H22O2. The first-order valence-electron chi connectivity index (χ1n) is 5.10. The highest BCUT2D eigenvalue weighted by atomic mass is 16.5. The van der Waals surface area contributed by atoms with Gasteiger partial charge in [-0.05, 0) is 19.3 Å². The molecule has 0 radical (unpaired) electrons. The Labute approximate surface area is 81.7 Å². The van der Waals surface area contributed by atoms with Crippen LogP contribution in [0.3, 0.4) is 0 Å². The first-order valence-corrected chi connectivity index (χ1v) is 5.10. The van der Waals surface area contributed by atoms with E-state index in [2.05, 4.69) is 13.8 Å². The van der Waals surface area contributed by atoms with Crippen molar-refractivity contribution in [2.75, 3.05) is 7.11 Å². The van der Waals surface area contributed by atoms with E-state index in [0.717, 1.165) is 12.8 Å². The first kappa shape index (κ1) is 12.6. The van der Waals surface area contributed by atoms with Crippen molar-refractivity contribution in [1.82, 2.24) is 0 Å². The summed E-state index contributed by atoms with van der Waals surface area (Å²) in [5.41, 5.74) is 0. The summed E-state index contributed by atoms with van der Waals surface area (Å²) in [5, 5.41) is 0. The third-order valence-electron chi connectivity index (χ3n) is 2.15. The van der Waals surface area contributed by atoms with Crippen molar-refractivity contribution >= 4 is 5.78 Å². The lowest BCUT2D eigenvalue weighted by atomic mass is 10.0. The Bertz CT molecular complexity index is 141. The van der Waals surface area contributed by atoms with Crippen molar-refractivity contribution in [1.29, 1.82) is 0 Å². The molecule has 0 aliphatic heterocycles. The Morgan fingerprint density at radius 3 is 2.38 bits per heavy atom. The van der Waals surface area contributed by atoms with Gasteiger partial charge in [0.1, 0.15) is 5.78 Å². The maximum absolute atomic E-state index is 11.3. The Hall–Kier alpha value is -0.370. The summed E-state index contributed by atoms with van der Waals surface area (Å²) in [5.74, 6) is 1.03. The van der Waals surface area contributed by atoms with Gasteiger partial charge >= 0.3 is 0 Å². The highest BCUT2D eigenvalue weighted by molar-refractivity contribution is 5.78. The molecule has 0 aromatic carbocycles. The van der Waals surface area contributed by atoms with Crippen molar-refractivity contribution in [3.05, 3.63) is 0 Å². The van der Waals surface area contributed by atoms with Gasteiger partial charge in [0.2, 0.25) is 0 Å². The van der Waals surface area contributed by atoms with Gasteiger partial charge in [-0.3, -0.25) is 4.79 Å². The average Bonchev–Trinajstić information content (AvgIpc) is 2.03. The predicted octanol–water partition coefficient (Wildman–Crippen LogP) is 2.81. The molecule has 0 saturated heterocycles. The third-order valence-corrected chi connectivity index (χ3v) is 2.15. The smallest absolute Gasteiger partial charge is 0.135 e. The molecule has 0 saturated carbocycles. The molecule has 0 rings (SSSR count). The molecule has 1 atom stereocenters. The van der Waals surface area contributed by atoms with E-state index < -0.39 is 0 Å². The molecule has 0 aliphatic rings. The topological polar surface area (TPSA) is 26.3 Å². The zero-order valence-electron chi connectivity index (χ0n) is 9.30. The van der Waals surface area contributed by atoms with Gasteiger partial charge in [-0.2, -0.15) is 0 Å². The van der Waals surface area contributed by atoms with Crippen LogP contribution in [0.4, 0.5) is 0 Å². The van der Waals surface area contributed by atoms with Crippen LogP contribution in [-0.2, 0) is 9.53 Å². The number of Topliss-reactive ketones (excluding diaryl/α,β-unsaturated/α-hetero) is 1. The second-order valence-corrected chi connectivity index (χ2v) is 4.08. The van der Waals surface area contributed by atoms with Crippen LogP contribution in [0.5, 0.6) is 0 Å². The summed E-state index contributed by atoms with van der Waals surface area (Å²) < 4.78 is 5.03. The first-order chi connectivity index (χ1) is 6.06. The van der Waals surface area contributed by atoms with E-state index in [9.17, 15) is 4.79 Å². The second-order valence-electron chi connectivity index (χ2n) is 4.08. The van der Waals surface area contributed by atoms with Crippen LogP contribution in [0.1, 0.15) is 46.5 Å². The lowest BCUT2D eigenvalue weighted by Gasteiger charge is -2.08. The molecule has 13 heavy (non-hydrogen) atoms. The van der Waals surface area contributed by atoms with Crippen LogP contribution in [0.15, 0.2) is 0 Å². The van der Waals surface area contributed by atoms with Crippen LogP contribution >= 0.6 is 0 Å². The van der Waals surface area contributed by atoms with Crippen molar-refractivity contribution in [3.8, 4) is 0 Å². The highest BCUT2D eigenvalue weighted by Gasteiger charge is 2.07. The van der Waals surface area contributed by atoms with Gasteiger partial charge in [0, 0.05) is 20.0 Å². The van der Waals surface area contributed by atoms with Gasteiger partial charge in [0.15, 0.2) is 0 Å². The normalized spacial score (nSPS) is 13.3. The minimum atomic E-state index is 0.0755. The van der Waals surface area contributed by atoms with Gasteiger partial charge in [-0.25, -0.2) is 0 Å². The zero-order chi connectivity index (χ0) is 10.3. The van der Waals surface area contributed by atoms with Crippen molar-refractivity contribution in [2.24, 2.45) is 5.92 Å². The average molecular weight is 186 g/mol. The number of carbonyl (C=O) groups excluding carboxylic acids is 1. The molecule has 0 aromatic heterocycles. The van der Waals surface area contributed by atoms with Crippen LogP contribution in [0.25, 0.3) is 0 Å². The quantitative estimate of drug-likeness (QED) is 0.611. The van der Waals surface area contributed by atoms with Crippen molar-refractivity contribution < 1.29 is 9.53 Å². The lowest BCUT2D eigenvalue weighted by molar-refractivity contribution is -0.121. The molecule has 0 aliphatic carbocycles. The molecular weight excluding hydrogens is 164 g/mol. The summed E-state index contributed by atoms with van der Waals surface area (Å²) in [6, 6.07) is 0. The van der Waals surface area contributed by atoms with Crippen molar-refractivity contribution in [3.63, 3.8) is 0 Å². The van der Waals surface area contributed by atoms with E-state index >= 15 is 0 Å². The molecule has 78 valence electrons. The molecule has 1 unspecified atom stereocenters. The van der Waals surface area contributed by atoms with Crippen molar-refractivity contribution in [2.45, 2.75) is 52.6 Å². The van der Waals surface area contributed by atoms with Gasteiger partial charge in [0.25, 0.3) is 0 Å². The molecule has 0 fully saturated rings. The van der Waals surface area contributed by atoms with Crippen LogP contribution in [0, 0.1) is 5.92 Å². The van der Waals surface area contributed by atoms with E-state index in [1.165, 1.54) is 0 Å². The number of hydrogen-bond donors (Lipinski definition) is 0. The molecule has 0 amide bonds. The summed E-state index contributed by atoms with van der Waals surface area (Å²) in [6.45, 7) is 6.30. The minimum Gasteiger partial charge on any atom is -0.381 e. The third kappa shape index (κ3) is 7.97. The van der Waals surface area contributed by atoms with E-state index in [1.54, 1.807) is 7.11 Å².